The molecule has 0 bridgehead atoms. The molecule has 0 spiro atoms. The minimum Gasteiger partial charge on any atom is -0.481 e. The summed E-state index contributed by atoms with van der Waals surface area (Å²) in [4.78, 5) is 38.1. The highest BCUT2D eigenvalue weighted by Gasteiger charge is 2.41. The van der Waals surface area contributed by atoms with E-state index >= 15 is 0 Å². The Morgan fingerprint density at radius 3 is 2.52 bits per heavy atom. The molecule has 2 fully saturated rings. The van der Waals surface area contributed by atoms with Gasteiger partial charge in [-0.1, -0.05) is 25.0 Å². The van der Waals surface area contributed by atoms with E-state index in [1.165, 1.54) is 25.7 Å². The van der Waals surface area contributed by atoms with Gasteiger partial charge in [0.15, 0.2) is 6.19 Å². The van der Waals surface area contributed by atoms with Crippen LogP contribution in [0.5, 0.6) is 0 Å². The lowest BCUT2D eigenvalue weighted by Crippen LogP contribution is -2.49. The Balaban J connectivity index is 1.39. The number of allylic oxidation sites excluding steroid dienone is 1. The maximum absolute atomic E-state index is 12.1. The van der Waals surface area contributed by atoms with E-state index in [0.29, 0.717) is 29.2 Å². The molecule has 4 N–H and O–H groups in total. The molecule has 1 aliphatic carbocycles. The number of nitriles is 1. The van der Waals surface area contributed by atoms with Crippen molar-refractivity contribution in [2.45, 2.75) is 57.9 Å². The molecule has 4 rings (SSSR count). The van der Waals surface area contributed by atoms with E-state index < -0.39 is 23.8 Å². The maximum atomic E-state index is 12.1. The first-order valence-electron chi connectivity index (χ1n) is 14.0. The lowest BCUT2D eigenvalue weighted by Gasteiger charge is -2.38. The van der Waals surface area contributed by atoms with Gasteiger partial charge < -0.3 is 20.4 Å². The molecule has 3 aliphatic rings. The van der Waals surface area contributed by atoms with Gasteiger partial charge >= 0.3 is 11.9 Å². The second-order valence-corrected chi connectivity index (χ2v) is 10.7. The van der Waals surface area contributed by atoms with Crippen LogP contribution in [0.4, 0.5) is 5.69 Å². The summed E-state index contributed by atoms with van der Waals surface area (Å²) in [5, 5.41) is 34.7. The van der Waals surface area contributed by atoms with Crippen LogP contribution >= 0.6 is 0 Å². The molecular formula is C29H39N7O4. The van der Waals surface area contributed by atoms with Gasteiger partial charge in [0.1, 0.15) is 5.92 Å². The number of hydrogen-bond acceptors (Lipinski definition) is 7. The summed E-state index contributed by atoms with van der Waals surface area (Å²) in [6, 6.07) is 7.67. The molecule has 1 aromatic carbocycles. The molecule has 2 heterocycles. The second-order valence-electron chi connectivity index (χ2n) is 10.7. The van der Waals surface area contributed by atoms with Crippen LogP contribution in [0.2, 0.25) is 0 Å². The average molecular weight is 550 g/mol. The Hall–Kier alpha value is -3.75. The molecule has 1 aromatic rings. The number of aliphatic imine (C=N–C) groups is 2. The van der Waals surface area contributed by atoms with E-state index in [2.05, 4.69) is 30.4 Å². The smallest absolute Gasteiger partial charge is 0.334 e. The Morgan fingerprint density at radius 2 is 1.88 bits per heavy atom. The molecule has 0 amide bonds. The van der Waals surface area contributed by atoms with Crippen LogP contribution in [0.1, 0.15) is 57.4 Å². The van der Waals surface area contributed by atoms with Gasteiger partial charge in [-0.15, -0.1) is 0 Å². The fourth-order valence-electron chi connectivity index (χ4n) is 6.21. The minimum atomic E-state index is -1.20. The molecular weight excluding hydrogens is 510 g/mol. The number of benzene rings is 1. The zero-order valence-electron chi connectivity index (χ0n) is 23.3. The molecule has 214 valence electrons. The molecule has 11 nitrogen and oxygen atoms in total. The van der Waals surface area contributed by atoms with Crippen molar-refractivity contribution in [2.24, 2.45) is 15.9 Å². The van der Waals surface area contributed by atoms with E-state index in [4.69, 9.17) is 0 Å². The number of rotatable bonds is 9. The van der Waals surface area contributed by atoms with Crippen molar-refractivity contribution < 1.29 is 19.8 Å². The normalized spacial score (nSPS) is 23.0. The number of hydrogen-bond donors (Lipinski definition) is 4. The van der Waals surface area contributed by atoms with E-state index in [1.54, 1.807) is 38.1 Å². The molecule has 1 saturated carbocycles. The zero-order chi connectivity index (χ0) is 28.6. The largest absolute Gasteiger partial charge is 0.481 e. The predicted octanol–water partition coefficient (Wildman–Crippen LogP) is 3.09. The summed E-state index contributed by atoms with van der Waals surface area (Å²) in [7, 11) is 0. The molecule has 2 aliphatic heterocycles. The van der Waals surface area contributed by atoms with Gasteiger partial charge in [0.2, 0.25) is 5.96 Å². The summed E-state index contributed by atoms with van der Waals surface area (Å²) >= 11 is 0. The van der Waals surface area contributed by atoms with Crippen molar-refractivity contribution in [3.05, 3.63) is 41.1 Å². The first-order valence-corrected chi connectivity index (χ1v) is 14.0. The molecule has 0 aromatic heterocycles. The van der Waals surface area contributed by atoms with Crippen molar-refractivity contribution in [3.63, 3.8) is 0 Å². The summed E-state index contributed by atoms with van der Waals surface area (Å²) in [5.74, 6) is -4.06. The number of carbonyl (C=O) groups is 2. The first-order chi connectivity index (χ1) is 19.3. The Morgan fingerprint density at radius 1 is 1.15 bits per heavy atom. The van der Waals surface area contributed by atoms with Crippen LogP contribution in [-0.4, -0.2) is 88.9 Å². The third kappa shape index (κ3) is 7.06. The number of anilines is 1. The molecule has 2 atom stereocenters. The maximum Gasteiger partial charge on any atom is 0.334 e. The van der Waals surface area contributed by atoms with Crippen molar-refractivity contribution in [1.82, 2.24) is 15.1 Å². The Kier molecular flexibility index (Phi) is 9.90. The molecule has 1 saturated heterocycles. The fourth-order valence-corrected chi connectivity index (χ4v) is 6.21. The fraction of sp³-hybridized carbons (Fsp3) is 0.552. The Bertz CT molecular complexity index is 1220. The minimum absolute atomic E-state index is 0.0386. The van der Waals surface area contributed by atoms with Gasteiger partial charge in [-0.3, -0.25) is 25.0 Å². The van der Waals surface area contributed by atoms with E-state index in [1.807, 2.05) is 6.19 Å². The van der Waals surface area contributed by atoms with Crippen LogP contribution < -0.4 is 10.6 Å². The number of piperazine rings is 1. The van der Waals surface area contributed by atoms with Crippen molar-refractivity contribution >= 4 is 29.3 Å². The number of carboxylic acids is 2. The van der Waals surface area contributed by atoms with Gasteiger partial charge in [-0.05, 0) is 50.8 Å². The standard InChI is InChI=1S/C29H39N7O4/c1-19-24(27(37)38)26(25(28(39)40)20(2)33-19)21-7-5-8-22(17-21)34-29(32-18-30)31-11-6-12-35-13-15-36(16-14-35)23-9-3-4-10-23/h5,7-8,17,23-24,26H,3-4,6,9-16H2,1-2H3,(H,37,38)(H,39,40)(H2,31,32,34). The topological polar surface area (TPSA) is 154 Å². The van der Waals surface area contributed by atoms with Gasteiger partial charge in [-0.25, -0.2) is 4.79 Å². The van der Waals surface area contributed by atoms with E-state index in [0.717, 1.165) is 45.2 Å². The van der Waals surface area contributed by atoms with Crippen molar-refractivity contribution in [2.75, 3.05) is 44.6 Å². The van der Waals surface area contributed by atoms with Gasteiger partial charge in [0.25, 0.3) is 0 Å². The SMILES string of the molecule is CC1=NC(C)=C(C(=O)O)C(c2cccc(NC(=NCCCN3CCN(C4CCCC4)CC3)NC#N)c2)C1C(=O)O. The van der Waals surface area contributed by atoms with Crippen LogP contribution in [0.3, 0.4) is 0 Å². The number of aliphatic carboxylic acids is 2. The van der Waals surface area contributed by atoms with Crippen LogP contribution in [0.25, 0.3) is 0 Å². The van der Waals surface area contributed by atoms with Gasteiger partial charge in [-0.2, -0.15) is 5.26 Å². The molecule has 0 radical (unpaired) electrons. The average Bonchev–Trinajstić information content (AvgIpc) is 3.46. The van der Waals surface area contributed by atoms with Crippen LogP contribution in [0.15, 0.2) is 45.5 Å². The van der Waals surface area contributed by atoms with Gasteiger partial charge in [0, 0.05) is 68.3 Å². The third-order valence-corrected chi connectivity index (χ3v) is 8.16. The van der Waals surface area contributed by atoms with Gasteiger partial charge in [0.05, 0.1) is 5.57 Å². The number of carboxylic acid groups (broad SMARTS) is 2. The quantitative estimate of drug-likeness (QED) is 0.120. The number of nitrogens with one attached hydrogen (secondary N) is 2. The third-order valence-electron chi connectivity index (χ3n) is 8.16. The zero-order valence-corrected chi connectivity index (χ0v) is 23.3. The Labute approximate surface area is 235 Å². The van der Waals surface area contributed by atoms with E-state index in [-0.39, 0.29) is 11.5 Å². The summed E-state index contributed by atoms with van der Waals surface area (Å²) in [6.07, 6.45) is 8.16. The highest BCUT2D eigenvalue weighted by molar-refractivity contribution is 6.06. The lowest BCUT2D eigenvalue weighted by atomic mass is 9.75. The molecule has 2 unspecified atom stereocenters. The lowest BCUT2D eigenvalue weighted by molar-refractivity contribution is -0.140. The van der Waals surface area contributed by atoms with Crippen LogP contribution in [-0.2, 0) is 9.59 Å². The monoisotopic (exact) mass is 549 g/mol. The van der Waals surface area contributed by atoms with Crippen molar-refractivity contribution in [3.8, 4) is 6.19 Å². The number of guanidine groups is 1. The second kappa shape index (κ2) is 13.5. The van der Waals surface area contributed by atoms with Crippen LogP contribution in [0, 0.1) is 17.4 Å². The van der Waals surface area contributed by atoms with E-state index in [9.17, 15) is 25.1 Å². The summed E-state index contributed by atoms with van der Waals surface area (Å²) in [5.41, 5.74) is 1.69. The summed E-state index contributed by atoms with van der Waals surface area (Å²) < 4.78 is 0. The van der Waals surface area contributed by atoms with Crippen molar-refractivity contribution in [1.29, 1.82) is 5.26 Å². The highest BCUT2D eigenvalue weighted by atomic mass is 16.4. The first kappa shape index (κ1) is 29.2. The molecule has 11 heteroatoms. The highest BCUT2D eigenvalue weighted by Crippen LogP contribution is 2.39. The predicted molar refractivity (Wildman–Crippen MR) is 153 cm³/mol. The molecule has 40 heavy (non-hydrogen) atoms. The number of nitrogens with zero attached hydrogens (tertiary/aromatic N) is 5. The summed E-state index contributed by atoms with van der Waals surface area (Å²) in [6.45, 7) is 9.06.